The first-order chi connectivity index (χ1) is 17.3. The van der Waals surface area contributed by atoms with E-state index in [4.69, 9.17) is 54.7 Å². The van der Waals surface area contributed by atoms with Crippen molar-refractivity contribution < 1.29 is 19.0 Å². The van der Waals surface area contributed by atoms with E-state index in [1.54, 1.807) is 24.3 Å². The summed E-state index contributed by atoms with van der Waals surface area (Å²) in [5.41, 5.74) is 7.83. The van der Waals surface area contributed by atoms with Crippen molar-refractivity contribution in [3.63, 3.8) is 0 Å². The monoisotopic (exact) mass is 542 g/mol. The van der Waals surface area contributed by atoms with Gasteiger partial charge in [0.25, 0.3) is 0 Å². The highest BCUT2D eigenvalue weighted by Gasteiger charge is 2.32. The third-order valence-electron chi connectivity index (χ3n) is 5.60. The molecular weight excluding hydrogens is 523 g/mol. The van der Waals surface area contributed by atoms with Crippen LogP contribution >= 0.6 is 34.8 Å². The molecule has 0 aliphatic carbocycles. The number of fused-ring (bicyclic) bond motifs is 1. The predicted octanol–water partition coefficient (Wildman–Crippen LogP) is 7.26. The van der Waals surface area contributed by atoms with Crippen LogP contribution in [0.4, 0.5) is 0 Å². The molecule has 0 radical (unpaired) electrons. The minimum atomic E-state index is -0.668. The second-order valence-corrected chi connectivity index (χ2v) is 9.23. The number of nitriles is 1. The van der Waals surface area contributed by atoms with Crippen molar-refractivity contribution in [2.24, 2.45) is 5.73 Å². The molecule has 1 atom stereocenters. The normalized spacial score (nSPS) is 14.5. The maximum Gasteiger partial charge on any atom is 0.343 e. The Morgan fingerprint density at radius 3 is 2.44 bits per heavy atom. The molecule has 1 aliphatic heterocycles. The minimum absolute atomic E-state index is 0.0457. The molecule has 3 aromatic carbocycles. The third kappa shape index (κ3) is 5.24. The van der Waals surface area contributed by atoms with E-state index in [-0.39, 0.29) is 32.8 Å². The van der Waals surface area contributed by atoms with Gasteiger partial charge in [-0.25, -0.2) is 4.79 Å². The van der Waals surface area contributed by atoms with Crippen molar-refractivity contribution in [2.75, 3.05) is 6.61 Å². The largest absolute Gasteiger partial charge is 0.490 e. The first kappa shape index (κ1) is 25.7. The number of allylic oxidation sites excluding steroid dienone is 1. The van der Waals surface area contributed by atoms with Gasteiger partial charge in [0, 0.05) is 16.7 Å². The molecule has 3 aromatic rings. The Bertz CT molecular complexity index is 1380. The van der Waals surface area contributed by atoms with Gasteiger partial charge in [0.2, 0.25) is 5.88 Å². The van der Waals surface area contributed by atoms with Crippen LogP contribution < -0.4 is 19.9 Å². The van der Waals surface area contributed by atoms with Gasteiger partial charge < -0.3 is 19.9 Å². The first-order valence-electron chi connectivity index (χ1n) is 11.1. The van der Waals surface area contributed by atoms with E-state index in [9.17, 15) is 10.1 Å². The van der Waals surface area contributed by atoms with E-state index in [2.05, 4.69) is 6.07 Å². The van der Waals surface area contributed by atoms with Crippen LogP contribution in [0.2, 0.25) is 15.1 Å². The number of ether oxygens (including phenoxy) is 3. The van der Waals surface area contributed by atoms with Crippen LogP contribution in [-0.2, 0) is 0 Å². The summed E-state index contributed by atoms with van der Waals surface area (Å²) in [5.74, 6) is -0.367. The fraction of sp³-hybridized carbons (Fsp3) is 0.185. The fourth-order valence-corrected chi connectivity index (χ4v) is 4.67. The summed E-state index contributed by atoms with van der Waals surface area (Å²) in [7, 11) is 0. The average molecular weight is 544 g/mol. The Kier molecular flexibility index (Phi) is 7.95. The van der Waals surface area contributed by atoms with Gasteiger partial charge in [0.05, 0.1) is 28.1 Å². The summed E-state index contributed by atoms with van der Waals surface area (Å²) >= 11 is 19.0. The Balaban J connectivity index is 1.61. The smallest absolute Gasteiger partial charge is 0.343 e. The van der Waals surface area contributed by atoms with Crippen molar-refractivity contribution in [3.8, 4) is 23.3 Å². The van der Waals surface area contributed by atoms with Crippen molar-refractivity contribution >= 4 is 40.8 Å². The standard InChI is InChI=1S/C27H21Cl3N2O4/c1-2-3-10-34-25-21(29)11-15(12-22(25)30)27(33)35-16-8-9-18-23(13-16)36-26(32)19(14-31)24(18)17-6-4-5-7-20(17)28/h4-9,11-13,24H,2-3,10,32H2,1H3. The predicted molar refractivity (Wildman–Crippen MR) is 139 cm³/mol. The van der Waals surface area contributed by atoms with Gasteiger partial charge in [-0.1, -0.05) is 72.4 Å². The maximum atomic E-state index is 12.8. The Morgan fingerprint density at radius 1 is 1.06 bits per heavy atom. The number of halogens is 3. The SMILES string of the molecule is CCCCOc1c(Cl)cc(C(=O)Oc2ccc3c(c2)OC(N)=C(C#N)C3c2ccccc2Cl)cc1Cl. The average Bonchev–Trinajstić information content (AvgIpc) is 2.85. The van der Waals surface area contributed by atoms with Crippen molar-refractivity contribution in [2.45, 2.75) is 25.7 Å². The van der Waals surface area contributed by atoms with Gasteiger partial charge in [-0.15, -0.1) is 0 Å². The molecule has 184 valence electrons. The van der Waals surface area contributed by atoms with E-state index in [0.29, 0.717) is 34.3 Å². The number of hydrogen-bond acceptors (Lipinski definition) is 6. The van der Waals surface area contributed by atoms with Gasteiger partial charge in [-0.05, 0) is 36.2 Å². The first-order valence-corrected chi connectivity index (χ1v) is 12.3. The van der Waals surface area contributed by atoms with Crippen LogP contribution in [0.25, 0.3) is 0 Å². The lowest BCUT2D eigenvalue weighted by Gasteiger charge is -2.27. The van der Waals surface area contributed by atoms with E-state index >= 15 is 0 Å². The quantitative estimate of drug-likeness (QED) is 0.191. The molecule has 0 bridgehead atoms. The zero-order chi connectivity index (χ0) is 25.8. The second kappa shape index (κ2) is 11.1. The highest BCUT2D eigenvalue weighted by Crippen LogP contribution is 2.45. The molecule has 0 fully saturated rings. The van der Waals surface area contributed by atoms with Crippen LogP contribution in [0.5, 0.6) is 17.2 Å². The molecule has 0 amide bonds. The number of carbonyl (C=O) groups is 1. The third-order valence-corrected chi connectivity index (χ3v) is 6.50. The number of benzene rings is 3. The molecule has 0 saturated carbocycles. The van der Waals surface area contributed by atoms with E-state index in [1.165, 1.54) is 18.2 Å². The maximum absolute atomic E-state index is 12.8. The van der Waals surface area contributed by atoms with Gasteiger partial charge in [0.15, 0.2) is 5.75 Å². The zero-order valence-corrected chi connectivity index (χ0v) is 21.5. The lowest BCUT2D eigenvalue weighted by atomic mass is 9.83. The molecule has 0 spiro atoms. The Morgan fingerprint density at radius 2 is 1.78 bits per heavy atom. The molecule has 1 aliphatic rings. The lowest BCUT2D eigenvalue weighted by molar-refractivity contribution is 0.0734. The summed E-state index contributed by atoms with van der Waals surface area (Å²) in [6.45, 7) is 2.51. The number of nitrogens with two attached hydrogens (primary N) is 1. The van der Waals surface area contributed by atoms with E-state index in [0.717, 1.165) is 12.8 Å². The number of carbonyl (C=O) groups excluding carboxylic acids is 1. The second-order valence-electron chi connectivity index (χ2n) is 8.01. The van der Waals surface area contributed by atoms with Crippen molar-refractivity contribution in [3.05, 3.63) is 97.8 Å². The number of rotatable bonds is 7. The van der Waals surface area contributed by atoms with Crippen LogP contribution in [0.3, 0.4) is 0 Å². The molecular formula is C27H21Cl3N2O4. The van der Waals surface area contributed by atoms with Gasteiger partial charge in [-0.3, -0.25) is 0 Å². The summed E-state index contributed by atoms with van der Waals surface area (Å²) in [5, 5.41) is 10.6. The topological polar surface area (TPSA) is 94.6 Å². The number of unbranched alkanes of at least 4 members (excludes halogenated alkanes) is 1. The molecule has 2 N–H and O–H groups in total. The van der Waals surface area contributed by atoms with Gasteiger partial charge >= 0.3 is 5.97 Å². The molecule has 9 heteroatoms. The van der Waals surface area contributed by atoms with Crippen molar-refractivity contribution in [1.29, 1.82) is 5.26 Å². The molecule has 1 heterocycles. The summed E-state index contributed by atoms with van der Waals surface area (Å²) in [4.78, 5) is 12.8. The highest BCUT2D eigenvalue weighted by molar-refractivity contribution is 6.37. The molecule has 4 rings (SSSR count). The van der Waals surface area contributed by atoms with Crippen LogP contribution in [-0.4, -0.2) is 12.6 Å². The minimum Gasteiger partial charge on any atom is -0.490 e. The molecule has 6 nitrogen and oxygen atoms in total. The zero-order valence-electron chi connectivity index (χ0n) is 19.2. The molecule has 0 aromatic heterocycles. The van der Waals surface area contributed by atoms with Gasteiger partial charge in [0.1, 0.15) is 23.1 Å². The number of hydrogen-bond donors (Lipinski definition) is 1. The Labute approximate surface area is 223 Å². The highest BCUT2D eigenvalue weighted by atomic mass is 35.5. The summed E-state index contributed by atoms with van der Waals surface area (Å²) < 4.78 is 16.9. The van der Waals surface area contributed by atoms with E-state index in [1.807, 2.05) is 19.1 Å². The van der Waals surface area contributed by atoms with Gasteiger partial charge in [-0.2, -0.15) is 5.26 Å². The summed E-state index contributed by atoms with van der Waals surface area (Å²) in [6.07, 6.45) is 1.81. The van der Waals surface area contributed by atoms with Crippen LogP contribution in [0.1, 0.15) is 47.2 Å². The number of nitrogens with zero attached hydrogens (tertiary/aromatic N) is 1. The fourth-order valence-electron chi connectivity index (χ4n) is 3.83. The number of esters is 1. The van der Waals surface area contributed by atoms with E-state index < -0.39 is 11.9 Å². The Hall–Kier alpha value is -3.37. The van der Waals surface area contributed by atoms with Crippen LogP contribution in [0.15, 0.2) is 66.1 Å². The van der Waals surface area contributed by atoms with Crippen LogP contribution in [0, 0.1) is 11.3 Å². The molecule has 36 heavy (non-hydrogen) atoms. The summed E-state index contributed by atoms with van der Waals surface area (Å²) in [6, 6.07) is 17.0. The molecule has 0 saturated heterocycles. The molecule has 1 unspecified atom stereocenters. The lowest BCUT2D eigenvalue weighted by Crippen LogP contribution is -2.21. The van der Waals surface area contributed by atoms with Crippen molar-refractivity contribution in [1.82, 2.24) is 0 Å².